The van der Waals surface area contributed by atoms with Gasteiger partial charge >= 0.3 is 0 Å². The van der Waals surface area contributed by atoms with Crippen LogP contribution in [0.25, 0.3) is 0 Å². The molecule has 1 aliphatic heterocycles. The molecule has 0 spiro atoms. The Morgan fingerprint density at radius 2 is 2.09 bits per heavy atom. The zero-order chi connectivity index (χ0) is 16.1. The number of hydrogen-bond donors (Lipinski definition) is 1. The molecule has 2 heterocycles. The van der Waals surface area contributed by atoms with Crippen LogP contribution in [0.15, 0.2) is 47.1 Å². The SMILES string of the molecule is COc1ccc(Br)cc1CNC1CCN(c2ccccn2)CC1. The molecule has 1 saturated heterocycles. The predicted octanol–water partition coefficient (Wildman–Crippen LogP) is 3.61. The zero-order valence-electron chi connectivity index (χ0n) is 13.3. The van der Waals surface area contributed by atoms with Gasteiger partial charge < -0.3 is 15.0 Å². The van der Waals surface area contributed by atoms with Crippen LogP contribution in [0.5, 0.6) is 5.75 Å². The number of ether oxygens (including phenoxy) is 1. The van der Waals surface area contributed by atoms with Crippen LogP contribution in [0, 0.1) is 0 Å². The third kappa shape index (κ3) is 4.24. The first-order valence-corrected chi connectivity index (χ1v) is 8.77. The molecule has 0 saturated carbocycles. The molecule has 23 heavy (non-hydrogen) atoms. The Morgan fingerprint density at radius 3 is 2.78 bits per heavy atom. The van der Waals surface area contributed by atoms with Crippen molar-refractivity contribution < 1.29 is 4.74 Å². The molecule has 2 aromatic rings. The van der Waals surface area contributed by atoms with Crippen molar-refractivity contribution in [2.24, 2.45) is 0 Å². The second-order valence-corrected chi connectivity index (χ2v) is 6.70. The number of pyridine rings is 1. The van der Waals surface area contributed by atoms with Gasteiger partial charge in [0.15, 0.2) is 0 Å². The number of halogens is 1. The third-order valence-corrected chi connectivity index (χ3v) is 4.79. The number of nitrogens with zero attached hydrogens (tertiary/aromatic N) is 2. The molecule has 3 rings (SSSR count). The normalized spacial score (nSPS) is 15.7. The molecular formula is C18H22BrN3O. The number of hydrogen-bond acceptors (Lipinski definition) is 4. The van der Waals surface area contributed by atoms with Crippen molar-refractivity contribution in [3.8, 4) is 5.75 Å². The highest BCUT2D eigenvalue weighted by Crippen LogP contribution is 2.24. The first-order valence-electron chi connectivity index (χ1n) is 7.98. The number of anilines is 1. The van der Waals surface area contributed by atoms with Crippen LogP contribution in [-0.4, -0.2) is 31.2 Å². The van der Waals surface area contributed by atoms with E-state index < -0.39 is 0 Å². The van der Waals surface area contributed by atoms with E-state index in [1.807, 2.05) is 30.5 Å². The van der Waals surface area contributed by atoms with Crippen molar-refractivity contribution in [1.82, 2.24) is 10.3 Å². The van der Waals surface area contributed by atoms with Crippen molar-refractivity contribution in [2.75, 3.05) is 25.1 Å². The largest absolute Gasteiger partial charge is 0.496 e. The fourth-order valence-corrected chi connectivity index (χ4v) is 3.40. The van der Waals surface area contributed by atoms with Crippen molar-refractivity contribution in [3.05, 3.63) is 52.6 Å². The van der Waals surface area contributed by atoms with E-state index in [0.717, 1.165) is 48.5 Å². The van der Waals surface area contributed by atoms with E-state index in [-0.39, 0.29) is 0 Å². The van der Waals surface area contributed by atoms with E-state index in [9.17, 15) is 0 Å². The molecule has 4 nitrogen and oxygen atoms in total. The number of piperidine rings is 1. The highest BCUT2D eigenvalue weighted by molar-refractivity contribution is 9.10. The molecule has 1 aromatic heterocycles. The lowest BCUT2D eigenvalue weighted by Crippen LogP contribution is -2.42. The minimum atomic E-state index is 0.540. The molecule has 1 aliphatic rings. The fraction of sp³-hybridized carbons (Fsp3) is 0.389. The van der Waals surface area contributed by atoms with Gasteiger partial charge in [0.2, 0.25) is 0 Å². The molecule has 122 valence electrons. The van der Waals surface area contributed by atoms with Gasteiger partial charge in [-0.2, -0.15) is 0 Å². The lowest BCUT2D eigenvalue weighted by molar-refractivity contribution is 0.391. The minimum Gasteiger partial charge on any atom is -0.496 e. The van der Waals surface area contributed by atoms with Gasteiger partial charge in [-0.3, -0.25) is 0 Å². The van der Waals surface area contributed by atoms with E-state index in [2.05, 4.69) is 43.3 Å². The fourth-order valence-electron chi connectivity index (χ4n) is 2.99. The molecule has 0 amide bonds. The van der Waals surface area contributed by atoms with Gasteiger partial charge in [0, 0.05) is 41.9 Å². The number of rotatable bonds is 5. The van der Waals surface area contributed by atoms with E-state index >= 15 is 0 Å². The number of nitrogens with one attached hydrogen (secondary N) is 1. The summed E-state index contributed by atoms with van der Waals surface area (Å²) in [7, 11) is 1.72. The van der Waals surface area contributed by atoms with Crippen LogP contribution in [0.2, 0.25) is 0 Å². The maximum atomic E-state index is 5.44. The summed E-state index contributed by atoms with van der Waals surface area (Å²) in [4.78, 5) is 6.80. The lowest BCUT2D eigenvalue weighted by atomic mass is 10.0. The van der Waals surface area contributed by atoms with Crippen molar-refractivity contribution >= 4 is 21.7 Å². The molecule has 1 aromatic carbocycles. The first kappa shape index (κ1) is 16.3. The first-order chi connectivity index (χ1) is 11.3. The summed E-state index contributed by atoms with van der Waals surface area (Å²) in [5.41, 5.74) is 1.19. The number of methoxy groups -OCH3 is 1. The molecular weight excluding hydrogens is 354 g/mol. The monoisotopic (exact) mass is 375 g/mol. The average molecular weight is 376 g/mol. The smallest absolute Gasteiger partial charge is 0.128 e. The van der Waals surface area contributed by atoms with Crippen LogP contribution in [0.1, 0.15) is 18.4 Å². The average Bonchev–Trinajstić information content (AvgIpc) is 2.61. The Hall–Kier alpha value is -1.59. The zero-order valence-corrected chi connectivity index (χ0v) is 14.9. The Bertz CT molecular complexity index is 627. The molecule has 1 fully saturated rings. The van der Waals surface area contributed by atoms with Gasteiger partial charge in [-0.1, -0.05) is 22.0 Å². The standard InChI is InChI=1S/C18H22BrN3O/c1-23-17-6-5-15(19)12-14(17)13-21-16-7-10-22(11-8-16)18-4-2-3-9-20-18/h2-6,9,12,16,21H,7-8,10-11,13H2,1H3. The maximum absolute atomic E-state index is 5.44. The quantitative estimate of drug-likeness (QED) is 0.865. The molecule has 0 unspecified atom stereocenters. The van der Waals surface area contributed by atoms with Crippen molar-refractivity contribution in [2.45, 2.75) is 25.4 Å². The number of benzene rings is 1. The van der Waals surface area contributed by atoms with Gasteiger partial charge in [0.25, 0.3) is 0 Å². The molecule has 0 aliphatic carbocycles. The van der Waals surface area contributed by atoms with Crippen LogP contribution in [0.4, 0.5) is 5.82 Å². The summed E-state index contributed by atoms with van der Waals surface area (Å²) in [6.07, 6.45) is 4.12. The highest BCUT2D eigenvalue weighted by atomic mass is 79.9. The maximum Gasteiger partial charge on any atom is 0.128 e. The van der Waals surface area contributed by atoms with Crippen LogP contribution in [-0.2, 0) is 6.54 Å². The second-order valence-electron chi connectivity index (χ2n) is 5.79. The number of aromatic nitrogens is 1. The minimum absolute atomic E-state index is 0.540. The molecule has 1 N–H and O–H groups in total. The Kier molecular flexibility index (Phi) is 5.51. The molecule has 0 atom stereocenters. The van der Waals surface area contributed by atoms with Crippen LogP contribution >= 0.6 is 15.9 Å². The Morgan fingerprint density at radius 1 is 1.26 bits per heavy atom. The highest BCUT2D eigenvalue weighted by Gasteiger charge is 2.19. The summed E-state index contributed by atoms with van der Waals surface area (Å²) in [5.74, 6) is 2.02. The summed E-state index contributed by atoms with van der Waals surface area (Å²) in [6, 6.07) is 12.8. The van der Waals surface area contributed by atoms with Gasteiger partial charge in [-0.15, -0.1) is 0 Å². The van der Waals surface area contributed by atoms with Crippen molar-refractivity contribution in [3.63, 3.8) is 0 Å². The lowest BCUT2D eigenvalue weighted by Gasteiger charge is -2.33. The summed E-state index contributed by atoms with van der Waals surface area (Å²) >= 11 is 3.53. The van der Waals surface area contributed by atoms with Gasteiger partial charge in [0.05, 0.1) is 7.11 Å². The summed E-state index contributed by atoms with van der Waals surface area (Å²) < 4.78 is 6.52. The van der Waals surface area contributed by atoms with E-state index in [0.29, 0.717) is 6.04 Å². The topological polar surface area (TPSA) is 37.4 Å². The van der Waals surface area contributed by atoms with Crippen LogP contribution in [0.3, 0.4) is 0 Å². The summed E-state index contributed by atoms with van der Waals surface area (Å²) in [5, 5.41) is 3.66. The van der Waals surface area contributed by atoms with E-state index in [1.165, 1.54) is 5.56 Å². The Labute approximate surface area is 146 Å². The molecule has 0 radical (unpaired) electrons. The third-order valence-electron chi connectivity index (χ3n) is 4.29. The van der Waals surface area contributed by atoms with Gasteiger partial charge in [-0.25, -0.2) is 4.98 Å². The Balaban J connectivity index is 1.52. The van der Waals surface area contributed by atoms with Gasteiger partial charge in [0.1, 0.15) is 11.6 Å². The molecule has 0 bridgehead atoms. The second kappa shape index (κ2) is 7.79. The predicted molar refractivity (Wildman–Crippen MR) is 97.0 cm³/mol. The summed E-state index contributed by atoms with van der Waals surface area (Å²) in [6.45, 7) is 2.92. The van der Waals surface area contributed by atoms with Crippen LogP contribution < -0.4 is 15.0 Å². The van der Waals surface area contributed by atoms with E-state index in [4.69, 9.17) is 4.74 Å². The van der Waals surface area contributed by atoms with Gasteiger partial charge in [-0.05, 0) is 43.2 Å². The van der Waals surface area contributed by atoms with Crippen molar-refractivity contribution in [1.29, 1.82) is 0 Å². The molecule has 5 heteroatoms. The van der Waals surface area contributed by atoms with E-state index in [1.54, 1.807) is 7.11 Å².